The van der Waals surface area contributed by atoms with Gasteiger partial charge in [0.2, 0.25) is 5.91 Å². The fourth-order valence-electron chi connectivity index (χ4n) is 3.22. The highest BCUT2D eigenvalue weighted by Crippen LogP contribution is 2.28. The number of benzene rings is 1. The van der Waals surface area contributed by atoms with Gasteiger partial charge >= 0.3 is 0 Å². The standard InChI is InChI=1S/C23H30N4O2S/c1-6-26(7-2)20(28)16-30-22-25-24-21(27(22)15-19-9-8-14-29-19)17-10-12-18(13-11-17)23(3,4)5/h8-14H,6-7,15-16H2,1-5H3. The van der Waals surface area contributed by atoms with E-state index in [2.05, 4.69) is 55.2 Å². The Morgan fingerprint density at radius 2 is 1.80 bits per heavy atom. The van der Waals surface area contributed by atoms with Gasteiger partial charge in [-0.3, -0.25) is 9.36 Å². The summed E-state index contributed by atoms with van der Waals surface area (Å²) in [5, 5.41) is 9.55. The molecule has 2 aromatic heterocycles. The van der Waals surface area contributed by atoms with E-state index >= 15 is 0 Å². The summed E-state index contributed by atoms with van der Waals surface area (Å²) in [6.07, 6.45) is 1.66. The van der Waals surface area contributed by atoms with Gasteiger partial charge in [0.25, 0.3) is 0 Å². The van der Waals surface area contributed by atoms with Crippen molar-refractivity contribution in [2.75, 3.05) is 18.8 Å². The maximum atomic E-state index is 12.4. The molecule has 0 atom stereocenters. The van der Waals surface area contributed by atoms with Gasteiger partial charge in [0, 0.05) is 18.7 Å². The van der Waals surface area contributed by atoms with E-state index in [-0.39, 0.29) is 11.3 Å². The lowest BCUT2D eigenvalue weighted by Gasteiger charge is -2.19. The number of amides is 1. The molecule has 0 spiro atoms. The number of hydrogen-bond acceptors (Lipinski definition) is 5. The normalized spacial score (nSPS) is 11.6. The molecule has 1 amide bonds. The lowest BCUT2D eigenvalue weighted by Crippen LogP contribution is -2.31. The molecular weight excluding hydrogens is 396 g/mol. The van der Waals surface area contributed by atoms with Crippen molar-refractivity contribution in [2.45, 2.75) is 51.7 Å². The molecule has 0 saturated heterocycles. The highest BCUT2D eigenvalue weighted by molar-refractivity contribution is 7.99. The number of aromatic nitrogens is 3. The van der Waals surface area contributed by atoms with E-state index in [9.17, 15) is 4.79 Å². The van der Waals surface area contributed by atoms with Gasteiger partial charge in [-0.15, -0.1) is 10.2 Å². The average molecular weight is 427 g/mol. The Hall–Kier alpha value is -2.54. The van der Waals surface area contributed by atoms with E-state index in [0.717, 1.165) is 17.1 Å². The Morgan fingerprint density at radius 1 is 1.10 bits per heavy atom. The second kappa shape index (κ2) is 9.51. The molecule has 0 fully saturated rings. The van der Waals surface area contributed by atoms with E-state index in [1.165, 1.54) is 17.3 Å². The molecule has 7 heteroatoms. The molecule has 2 heterocycles. The van der Waals surface area contributed by atoms with Crippen LogP contribution in [0.25, 0.3) is 11.4 Å². The molecule has 160 valence electrons. The number of hydrogen-bond donors (Lipinski definition) is 0. The Bertz CT molecular complexity index is 952. The van der Waals surface area contributed by atoms with Gasteiger partial charge in [-0.2, -0.15) is 0 Å². The smallest absolute Gasteiger partial charge is 0.233 e. The van der Waals surface area contributed by atoms with Crippen LogP contribution in [0, 0.1) is 0 Å². The van der Waals surface area contributed by atoms with Crippen LogP contribution in [0.3, 0.4) is 0 Å². The first-order valence-electron chi connectivity index (χ1n) is 10.3. The second-order valence-electron chi connectivity index (χ2n) is 8.15. The predicted octanol–water partition coefficient (Wildman–Crippen LogP) is 4.84. The number of carbonyl (C=O) groups is 1. The Morgan fingerprint density at radius 3 is 2.37 bits per heavy atom. The largest absolute Gasteiger partial charge is 0.467 e. The van der Waals surface area contributed by atoms with Crippen LogP contribution in [0.5, 0.6) is 0 Å². The molecule has 0 aliphatic rings. The van der Waals surface area contributed by atoms with Crippen molar-refractivity contribution in [1.29, 1.82) is 0 Å². The number of thioether (sulfide) groups is 1. The highest BCUT2D eigenvalue weighted by atomic mass is 32.2. The van der Waals surface area contributed by atoms with E-state index in [0.29, 0.717) is 30.5 Å². The fourth-order valence-corrected chi connectivity index (χ4v) is 4.06. The third-order valence-corrected chi connectivity index (χ3v) is 6.01. The lowest BCUT2D eigenvalue weighted by molar-refractivity contribution is -0.127. The Labute approximate surface area is 182 Å². The zero-order valence-electron chi connectivity index (χ0n) is 18.4. The van der Waals surface area contributed by atoms with Crippen molar-refractivity contribution in [3.63, 3.8) is 0 Å². The van der Waals surface area contributed by atoms with E-state index in [1.54, 1.807) is 6.26 Å². The van der Waals surface area contributed by atoms with Gasteiger partial charge in [0.05, 0.1) is 18.6 Å². The number of carbonyl (C=O) groups excluding carboxylic acids is 1. The van der Waals surface area contributed by atoms with E-state index in [4.69, 9.17) is 4.42 Å². The highest BCUT2D eigenvalue weighted by Gasteiger charge is 2.19. The van der Waals surface area contributed by atoms with Gasteiger partial charge in [0.1, 0.15) is 5.76 Å². The van der Waals surface area contributed by atoms with Crippen LogP contribution in [-0.4, -0.2) is 44.4 Å². The zero-order chi connectivity index (χ0) is 21.7. The first-order valence-corrected chi connectivity index (χ1v) is 11.3. The Kier molecular flexibility index (Phi) is 7.02. The molecule has 0 aliphatic heterocycles. The maximum absolute atomic E-state index is 12.4. The third-order valence-electron chi connectivity index (χ3n) is 5.06. The van der Waals surface area contributed by atoms with Crippen LogP contribution >= 0.6 is 11.8 Å². The molecule has 0 unspecified atom stereocenters. The fraction of sp³-hybridized carbons (Fsp3) is 0.435. The van der Waals surface area contributed by atoms with Gasteiger partial charge in [-0.25, -0.2) is 0 Å². The number of furan rings is 1. The van der Waals surface area contributed by atoms with E-state index in [1.807, 2.05) is 35.4 Å². The first-order chi connectivity index (χ1) is 14.3. The molecule has 0 bridgehead atoms. The summed E-state index contributed by atoms with van der Waals surface area (Å²) in [4.78, 5) is 14.3. The summed E-state index contributed by atoms with van der Waals surface area (Å²) in [7, 11) is 0. The molecule has 0 aliphatic carbocycles. The van der Waals surface area contributed by atoms with Crippen molar-refractivity contribution in [3.8, 4) is 11.4 Å². The maximum Gasteiger partial charge on any atom is 0.233 e. The van der Waals surface area contributed by atoms with Gasteiger partial charge in [0.15, 0.2) is 11.0 Å². The van der Waals surface area contributed by atoms with E-state index < -0.39 is 0 Å². The monoisotopic (exact) mass is 426 g/mol. The first kappa shape index (κ1) is 22.2. The minimum absolute atomic E-state index is 0.0895. The predicted molar refractivity (Wildman–Crippen MR) is 121 cm³/mol. The van der Waals surface area contributed by atoms with Crippen molar-refractivity contribution >= 4 is 17.7 Å². The third kappa shape index (κ3) is 5.14. The minimum atomic E-state index is 0.0895. The van der Waals surface area contributed by atoms with Crippen molar-refractivity contribution in [3.05, 3.63) is 54.0 Å². The van der Waals surface area contributed by atoms with Crippen molar-refractivity contribution in [2.24, 2.45) is 0 Å². The summed E-state index contributed by atoms with van der Waals surface area (Å²) in [5.74, 6) is 2.03. The summed E-state index contributed by atoms with van der Waals surface area (Å²) < 4.78 is 7.57. The Balaban J connectivity index is 1.89. The molecule has 6 nitrogen and oxygen atoms in total. The van der Waals surface area contributed by atoms with Crippen LogP contribution < -0.4 is 0 Å². The molecular formula is C23H30N4O2S. The summed E-state index contributed by atoms with van der Waals surface area (Å²) >= 11 is 1.42. The summed E-state index contributed by atoms with van der Waals surface area (Å²) in [6.45, 7) is 12.5. The van der Waals surface area contributed by atoms with Crippen LogP contribution in [-0.2, 0) is 16.8 Å². The molecule has 0 saturated carbocycles. The zero-order valence-corrected chi connectivity index (χ0v) is 19.2. The number of nitrogens with zero attached hydrogens (tertiary/aromatic N) is 4. The molecule has 30 heavy (non-hydrogen) atoms. The minimum Gasteiger partial charge on any atom is -0.467 e. The molecule has 3 rings (SSSR count). The van der Waals surface area contributed by atoms with Crippen molar-refractivity contribution < 1.29 is 9.21 Å². The van der Waals surface area contributed by atoms with Crippen LogP contribution in [0.4, 0.5) is 0 Å². The quantitative estimate of drug-likeness (QED) is 0.482. The van der Waals surface area contributed by atoms with Crippen LogP contribution in [0.15, 0.2) is 52.2 Å². The molecule has 3 aromatic rings. The second-order valence-corrected chi connectivity index (χ2v) is 9.10. The van der Waals surface area contributed by atoms with Gasteiger partial charge in [-0.05, 0) is 37.0 Å². The average Bonchev–Trinajstić information content (AvgIpc) is 3.37. The van der Waals surface area contributed by atoms with Gasteiger partial charge < -0.3 is 9.32 Å². The summed E-state index contributed by atoms with van der Waals surface area (Å²) in [5.41, 5.74) is 2.35. The number of rotatable bonds is 8. The van der Waals surface area contributed by atoms with Crippen LogP contribution in [0.2, 0.25) is 0 Å². The molecule has 0 N–H and O–H groups in total. The SMILES string of the molecule is CCN(CC)C(=O)CSc1nnc(-c2ccc(C(C)(C)C)cc2)n1Cc1ccco1. The van der Waals surface area contributed by atoms with Crippen molar-refractivity contribution in [1.82, 2.24) is 19.7 Å². The lowest BCUT2D eigenvalue weighted by atomic mass is 9.87. The van der Waals surface area contributed by atoms with Crippen LogP contribution in [0.1, 0.15) is 45.9 Å². The van der Waals surface area contributed by atoms with Gasteiger partial charge in [-0.1, -0.05) is 56.8 Å². The molecule has 0 radical (unpaired) electrons. The summed E-state index contributed by atoms with van der Waals surface area (Å²) in [6, 6.07) is 12.2. The topological polar surface area (TPSA) is 64.2 Å². The molecule has 1 aromatic carbocycles.